The van der Waals surface area contributed by atoms with Crippen LogP contribution in [0.3, 0.4) is 0 Å². The van der Waals surface area contributed by atoms with Gasteiger partial charge in [0.1, 0.15) is 6.04 Å². The van der Waals surface area contributed by atoms with Crippen molar-refractivity contribution in [2.75, 3.05) is 11.4 Å². The number of hydrogen-bond acceptors (Lipinski definition) is 3. The second-order valence-corrected chi connectivity index (χ2v) is 4.32. The van der Waals surface area contributed by atoms with Crippen LogP contribution in [-0.2, 0) is 11.2 Å². The molecule has 0 spiro atoms. The van der Waals surface area contributed by atoms with Crippen LogP contribution in [-0.4, -0.2) is 24.5 Å². The van der Waals surface area contributed by atoms with E-state index in [-0.39, 0.29) is 18.0 Å². The Morgan fingerprint density at radius 2 is 2.19 bits per heavy atom. The van der Waals surface area contributed by atoms with Gasteiger partial charge in [0.05, 0.1) is 0 Å². The van der Waals surface area contributed by atoms with E-state index in [2.05, 4.69) is 6.07 Å². The minimum Gasteiger partial charge on any atom is -0.368 e. The average molecular weight is 219 g/mol. The SMILES string of the molecule is CC(C(N)=O)N1CC(N)Cc2ccccc21. The third-order valence-electron chi connectivity index (χ3n) is 3.09. The summed E-state index contributed by atoms with van der Waals surface area (Å²) in [6, 6.07) is 7.78. The molecule has 1 heterocycles. The van der Waals surface area contributed by atoms with Crippen molar-refractivity contribution in [2.24, 2.45) is 11.5 Å². The molecule has 4 nitrogen and oxygen atoms in total. The van der Waals surface area contributed by atoms with E-state index in [4.69, 9.17) is 11.5 Å². The highest BCUT2D eigenvalue weighted by Crippen LogP contribution is 2.27. The lowest BCUT2D eigenvalue weighted by Gasteiger charge is -2.37. The molecule has 1 aliphatic rings. The van der Waals surface area contributed by atoms with Crippen molar-refractivity contribution in [3.8, 4) is 0 Å². The number of fused-ring (bicyclic) bond motifs is 1. The standard InChI is InChI=1S/C12H17N3O/c1-8(12(14)16)15-7-10(13)6-9-4-2-3-5-11(9)15/h2-5,8,10H,6-7,13H2,1H3,(H2,14,16). The Kier molecular flexibility index (Phi) is 2.83. The van der Waals surface area contributed by atoms with Crippen molar-refractivity contribution in [1.82, 2.24) is 0 Å². The lowest BCUT2D eigenvalue weighted by molar-refractivity contribution is -0.119. The molecule has 1 aromatic carbocycles. The van der Waals surface area contributed by atoms with Crippen molar-refractivity contribution in [3.05, 3.63) is 29.8 Å². The number of para-hydroxylation sites is 1. The van der Waals surface area contributed by atoms with Gasteiger partial charge in [-0.05, 0) is 25.0 Å². The van der Waals surface area contributed by atoms with Crippen LogP contribution in [0.4, 0.5) is 5.69 Å². The number of rotatable bonds is 2. The van der Waals surface area contributed by atoms with Gasteiger partial charge >= 0.3 is 0 Å². The predicted molar refractivity (Wildman–Crippen MR) is 64.1 cm³/mol. The molecular weight excluding hydrogens is 202 g/mol. The zero-order valence-electron chi connectivity index (χ0n) is 9.39. The molecule has 1 amide bonds. The van der Waals surface area contributed by atoms with Crippen LogP contribution >= 0.6 is 0 Å². The Bertz CT molecular complexity index is 405. The molecule has 0 radical (unpaired) electrons. The summed E-state index contributed by atoms with van der Waals surface area (Å²) in [6.07, 6.45) is 0.859. The van der Waals surface area contributed by atoms with E-state index >= 15 is 0 Å². The van der Waals surface area contributed by atoms with Crippen LogP contribution in [0.15, 0.2) is 24.3 Å². The first-order chi connectivity index (χ1) is 7.59. The summed E-state index contributed by atoms with van der Waals surface area (Å²) in [7, 11) is 0. The van der Waals surface area contributed by atoms with Gasteiger partial charge in [0.15, 0.2) is 0 Å². The molecule has 0 saturated carbocycles. The third kappa shape index (κ3) is 1.88. The van der Waals surface area contributed by atoms with Crippen molar-refractivity contribution in [3.63, 3.8) is 0 Å². The molecular formula is C12H17N3O. The van der Waals surface area contributed by atoms with Gasteiger partial charge in [-0.2, -0.15) is 0 Å². The lowest BCUT2D eigenvalue weighted by Crippen LogP contribution is -2.51. The maximum Gasteiger partial charge on any atom is 0.239 e. The van der Waals surface area contributed by atoms with Gasteiger partial charge in [-0.25, -0.2) is 0 Å². The van der Waals surface area contributed by atoms with Gasteiger partial charge < -0.3 is 16.4 Å². The van der Waals surface area contributed by atoms with Gasteiger partial charge in [0, 0.05) is 18.3 Å². The van der Waals surface area contributed by atoms with Crippen LogP contribution in [0.2, 0.25) is 0 Å². The zero-order chi connectivity index (χ0) is 11.7. The van der Waals surface area contributed by atoms with Gasteiger partial charge in [-0.3, -0.25) is 4.79 Å². The number of hydrogen-bond donors (Lipinski definition) is 2. The molecule has 1 aromatic rings. The van der Waals surface area contributed by atoms with Crippen molar-refractivity contribution >= 4 is 11.6 Å². The molecule has 2 atom stereocenters. The summed E-state index contributed by atoms with van der Waals surface area (Å²) in [4.78, 5) is 13.2. The molecule has 86 valence electrons. The first-order valence-corrected chi connectivity index (χ1v) is 5.49. The van der Waals surface area contributed by atoms with Crippen LogP contribution in [0.5, 0.6) is 0 Å². The summed E-state index contributed by atoms with van der Waals surface area (Å²) in [6.45, 7) is 2.50. The summed E-state index contributed by atoms with van der Waals surface area (Å²) in [5.41, 5.74) is 13.6. The number of carbonyl (C=O) groups is 1. The quantitative estimate of drug-likeness (QED) is 0.749. The Labute approximate surface area is 95.2 Å². The molecule has 0 aromatic heterocycles. The van der Waals surface area contributed by atoms with Gasteiger partial charge in [-0.15, -0.1) is 0 Å². The van der Waals surface area contributed by atoms with E-state index in [9.17, 15) is 4.79 Å². The predicted octanol–water partition coefficient (Wildman–Crippen LogP) is 0.250. The topological polar surface area (TPSA) is 72.4 Å². The molecule has 0 fully saturated rings. The number of primary amides is 1. The largest absolute Gasteiger partial charge is 0.368 e. The van der Waals surface area contributed by atoms with E-state index < -0.39 is 0 Å². The second-order valence-electron chi connectivity index (χ2n) is 4.32. The fourth-order valence-corrected chi connectivity index (χ4v) is 2.18. The first-order valence-electron chi connectivity index (χ1n) is 5.49. The number of amides is 1. The van der Waals surface area contributed by atoms with Gasteiger partial charge in [-0.1, -0.05) is 18.2 Å². The van der Waals surface area contributed by atoms with Crippen LogP contribution < -0.4 is 16.4 Å². The number of carbonyl (C=O) groups excluding carboxylic acids is 1. The third-order valence-corrected chi connectivity index (χ3v) is 3.09. The Morgan fingerprint density at radius 1 is 1.50 bits per heavy atom. The highest BCUT2D eigenvalue weighted by molar-refractivity contribution is 5.83. The molecule has 0 saturated heterocycles. The molecule has 1 aliphatic heterocycles. The second kappa shape index (κ2) is 4.14. The minimum atomic E-state index is -0.316. The fourth-order valence-electron chi connectivity index (χ4n) is 2.18. The molecule has 4 heteroatoms. The van der Waals surface area contributed by atoms with E-state index in [1.807, 2.05) is 30.0 Å². The zero-order valence-corrected chi connectivity index (χ0v) is 9.39. The molecule has 4 N–H and O–H groups in total. The van der Waals surface area contributed by atoms with Crippen molar-refractivity contribution < 1.29 is 4.79 Å². The van der Waals surface area contributed by atoms with Gasteiger partial charge in [0.2, 0.25) is 5.91 Å². The summed E-state index contributed by atoms with van der Waals surface area (Å²) < 4.78 is 0. The van der Waals surface area contributed by atoms with Crippen molar-refractivity contribution in [1.29, 1.82) is 0 Å². The summed E-state index contributed by atoms with van der Waals surface area (Å²) in [5, 5.41) is 0. The maximum absolute atomic E-state index is 11.3. The smallest absolute Gasteiger partial charge is 0.239 e. The van der Waals surface area contributed by atoms with Crippen LogP contribution in [0, 0.1) is 0 Å². The molecule has 0 bridgehead atoms. The number of benzene rings is 1. The summed E-state index contributed by atoms with van der Waals surface area (Å²) >= 11 is 0. The van der Waals surface area contributed by atoms with Crippen LogP contribution in [0.25, 0.3) is 0 Å². The number of anilines is 1. The summed E-state index contributed by atoms with van der Waals surface area (Å²) in [5.74, 6) is -0.316. The Balaban J connectivity index is 2.37. The van der Waals surface area contributed by atoms with E-state index in [1.54, 1.807) is 0 Å². The van der Waals surface area contributed by atoms with E-state index in [0.29, 0.717) is 6.54 Å². The molecule has 0 aliphatic carbocycles. The lowest BCUT2D eigenvalue weighted by atomic mass is 9.97. The average Bonchev–Trinajstić information content (AvgIpc) is 2.26. The maximum atomic E-state index is 11.3. The highest BCUT2D eigenvalue weighted by Gasteiger charge is 2.27. The fraction of sp³-hybridized carbons (Fsp3) is 0.417. The Hall–Kier alpha value is -1.55. The molecule has 2 unspecified atom stereocenters. The number of nitrogens with two attached hydrogens (primary N) is 2. The molecule has 16 heavy (non-hydrogen) atoms. The first kappa shape index (κ1) is 11.0. The normalized spacial score (nSPS) is 21.4. The van der Waals surface area contributed by atoms with E-state index in [1.165, 1.54) is 5.56 Å². The Morgan fingerprint density at radius 3 is 2.88 bits per heavy atom. The monoisotopic (exact) mass is 219 g/mol. The highest BCUT2D eigenvalue weighted by atomic mass is 16.1. The van der Waals surface area contributed by atoms with Crippen molar-refractivity contribution in [2.45, 2.75) is 25.4 Å². The molecule has 2 rings (SSSR count). The van der Waals surface area contributed by atoms with Gasteiger partial charge in [0.25, 0.3) is 0 Å². The minimum absolute atomic E-state index is 0.0664. The van der Waals surface area contributed by atoms with Crippen LogP contribution in [0.1, 0.15) is 12.5 Å². The van der Waals surface area contributed by atoms with E-state index in [0.717, 1.165) is 12.1 Å². The number of nitrogens with zero attached hydrogens (tertiary/aromatic N) is 1.